The number of imidazole rings is 1. The van der Waals surface area contributed by atoms with Gasteiger partial charge < -0.3 is 14.8 Å². The summed E-state index contributed by atoms with van der Waals surface area (Å²) in [6, 6.07) is 11.5. The van der Waals surface area contributed by atoms with Gasteiger partial charge in [0.05, 0.1) is 5.69 Å². The van der Waals surface area contributed by atoms with Crippen LogP contribution >= 0.6 is 0 Å². The molecule has 1 aromatic carbocycles. The number of hydrogen-bond donors (Lipinski definition) is 2. The molecule has 0 saturated carbocycles. The molecule has 0 saturated heterocycles. The molecule has 5 heteroatoms. The maximum Gasteiger partial charge on any atom is 0.216 e. The third-order valence-corrected chi connectivity index (χ3v) is 3.50. The van der Waals surface area contributed by atoms with Crippen molar-refractivity contribution in [3.63, 3.8) is 0 Å². The number of hydrogen-bond acceptors (Lipinski definition) is 3. The van der Waals surface area contributed by atoms with E-state index in [0.29, 0.717) is 12.2 Å². The van der Waals surface area contributed by atoms with Crippen LogP contribution in [0.1, 0.15) is 12.5 Å². The molecule has 2 heterocycles. The van der Waals surface area contributed by atoms with E-state index in [-0.39, 0.29) is 11.7 Å². The van der Waals surface area contributed by atoms with Gasteiger partial charge in [-0.05, 0) is 24.1 Å². The van der Waals surface area contributed by atoms with Crippen LogP contribution in [0, 0.1) is 0 Å². The van der Waals surface area contributed by atoms with Crippen LogP contribution in [0.5, 0.6) is 5.75 Å². The summed E-state index contributed by atoms with van der Waals surface area (Å²) in [7, 11) is 0. The summed E-state index contributed by atoms with van der Waals surface area (Å²) in [4.78, 5) is 15.3. The van der Waals surface area contributed by atoms with Crippen LogP contribution in [0.15, 0.2) is 48.8 Å². The molecule has 0 fully saturated rings. The van der Waals surface area contributed by atoms with Gasteiger partial charge in [-0.2, -0.15) is 0 Å². The van der Waals surface area contributed by atoms with Crippen LogP contribution in [-0.4, -0.2) is 26.9 Å². The molecule has 0 aliphatic carbocycles. The van der Waals surface area contributed by atoms with E-state index >= 15 is 0 Å². The van der Waals surface area contributed by atoms with E-state index in [9.17, 15) is 9.90 Å². The lowest BCUT2D eigenvalue weighted by Gasteiger charge is -2.03. The zero-order valence-electron chi connectivity index (χ0n) is 12.3. The average Bonchev–Trinajstić information content (AvgIpc) is 2.93. The molecule has 22 heavy (non-hydrogen) atoms. The minimum Gasteiger partial charge on any atom is -0.504 e. The zero-order chi connectivity index (χ0) is 15.5. The number of carbonyl (C=O) groups excluding carboxylic acids is 1. The minimum absolute atomic E-state index is 0.0128. The molecular formula is C17H17N3O2. The first-order valence-electron chi connectivity index (χ1n) is 7.14. The third-order valence-electron chi connectivity index (χ3n) is 3.50. The highest BCUT2D eigenvalue weighted by Gasteiger charge is 2.07. The molecule has 2 N–H and O–H groups in total. The van der Waals surface area contributed by atoms with E-state index in [4.69, 9.17) is 0 Å². The van der Waals surface area contributed by atoms with Crippen LogP contribution in [0.2, 0.25) is 0 Å². The first kappa shape index (κ1) is 14.1. The van der Waals surface area contributed by atoms with Gasteiger partial charge in [0, 0.05) is 31.4 Å². The highest BCUT2D eigenvalue weighted by atomic mass is 16.3. The minimum atomic E-state index is -0.0128. The summed E-state index contributed by atoms with van der Waals surface area (Å²) in [5.74, 6) is 0.154. The van der Waals surface area contributed by atoms with Crippen LogP contribution in [0.3, 0.4) is 0 Å². The smallest absolute Gasteiger partial charge is 0.216 e. The Kier molecular flexibility index (Phi) is 3.78. The molecule has 0 radical (unpaired) electrons. The maximum absolute atomic E-state index is 10.8. The Bertz CT molecular complexity index is 806. The average molecular weight is 295 g/mol. The Morgan fingerprint density at radius 2 is 2.05 bits per heavy atom. The number of benzene rings is 1. The number of nitrogens with zero attached hydrogens (tertiary/aromatic N) is 2. The molecule has 112 valence electrons. The Hall–Kier alpha value is -2.82. The van der Waals surface area contributed by atoms with Crippen LogP contribution in [0.25, 0.3) is 16.9 Å². The summed E-state index contributed by atoms with van der Waals surface area (Å²) in [6.45, 7) is 2.15. The number of aromatic nitrogens is 2. The summed E-state index contributed by atoms with van der Waals surface area (Å²) in [6.07, 6.45) is 4.54. The topological polar surface area (TPSA) is 66.6 Å². The van der Waals surface area contributed by atoms with E-state index in [1.165, 1.54) is 6.92 Å². The van der Waals surface area contributed by atoms with E-state index < -0.39 is 0 Å². The number of nitrogens with one attached hydrogen (secondary N) is 1. The van der Waals surface area contributed by atoms with Gasteiger partial charge in [0.15, 0.2) is 11.4 Å². The Labute approximate surface area is 128 Å². The standard InChI is InChI=1S/C17H17N3O2/c1-12(21)18-9-8-13-4-6-14(7-5-13)15-11-20-10-2-3-16(22)17(20)19-15/h2-7,10-11,22H,8-9H2,1H3,(H,18,21). The molecule has 0 aliphatic rings. The second-order valence-electron chi connectivity index (χ2n) is 5.18. The molecule has 0 bridgehead atoms. The second-order valence-corrected chi connectivity index (χ2v) is 5.18. The normalized spacial score (nSPS) is 10.8. The highest BCUT2D eigenvalue weighted by molar-refractivity contribution is 5.72. The second kappa shape index (κ2) is 5.89. The van der Waals surface area contributed by atoms with E-state index in [1.807, 2.05) is 36.7 Å². The molecule has 3 rings (SSSR count). The highest BCUT2D eigenvalue weighted by Crippen LogP contribution is 2.23. The summed E-state index contributed by atoms with van der Waals surface area (Å²) in [5, 5.41) is 12.6. The SMILES string of the molecule is CC(=O)NCCc1ccc(-c2cn3cccc(O)c3n2)cc1. The predicted octanol–water partition coefficient (Wildman–Crippen LogP) is 2.39. The first-order chi connectivity index (χ1) is 10.6. The fourth-order valence-corrected chi connectivity index (χ4v) is 2.36. The number of amides is 1. The van der Waals surface area contributed by atoms with Crippen molar-refractivity contribution in [2.75, 3.05) is 6.54 Å². The van der Waals surface area contributed by atoms with Crippen molar-refractivity contribution in [3.8, 4) is 17.0 Å². The van der Waals surface area contributed by atoms with Crippen molar-refractivity contribution in [2.24, 2.45) is 0 Å². The monoisotopic (exact) mass is 295 g/mol. The lowest BCUT2D eigenvalue weighted by atomic mass is 10.1. The van der Waals surface area contributed by atoms with E-state index in [1.54, 1.807) is 16.5 Å². The van der Waals surface area contributed by atoms with Crippen molar-refractivity contribution < 1.29 is 9.90 Å². The fraction of sp³-hybridized carbons (Fsp3) is 0.176. The van der Waals surface area contributed by atoms with Crippen molar-refractivity contribution in [2.45, 2.75) is 13.3 Å². The summed E-state index contributed by atoms with van der Waals surface area (Å²) >= 11 is 0. The molecule has 5 nitrogen and oxygen atoms in total. The Balaban J connectivity index is 1.79. The van der Waals surface area contributed by atoms with Gasteiger partial charge in [-0.15, -0.1) is 0 Å². The van der Waals surface area contributed by atoms with Gasteiger partial charge >= 0.3 is 0 Å². The van der Waals surface area contributed by atoms with Gasteiger partial charge in [-0.25, -0.2) is 4.98 Å². The lowest BCUT2D eigenvalue weighted by molar-refractivity contribution is -0.118. The van der Waals surface area contributed by atoms with Gasteiger partial charge in [0.25, 0.3) is 0 Å². The third kappa shape index (κ3) is 2.93. The molecule has 0 spiro atoms. The largest absolute Gasteiger partial charge is 0.504 e. The number of carbonyl (C=O) groups is 1. The first-order valence-corrected chi connectivity index (χ1v) is 7.14. The summed E-state index contributed by atoms with van der Waals surface area (Å²) < 4.78 is 1.80. The molecule has 1 amide bonds. The number of pyridine rings is 1. The van der Waals surface area contributed by atoms with Gasteiger partial charge in [-0.1, -0.05) is 24.3 Å². The molecule has 3 aromatic rings. The van der Waals surface area contributed by atoms with E-state index in [0.717, 1.165) is 23.2 Å². The van der Waals surface area contributed by atoms with Crippen molar-refractivity contribution >= 4 is 11.6 Å². The molecular weight excluding hydrogens is 278 g/mol. The van der Waals surface area contributed by atoms with Gasteiger partial charge in [0.2, 0.25) is 5.91 Å². The number of aromatic hydroxyl groups is 1. The van der Waals surface area contributed by atoms with E-state index in [2.05, 4.69) is 10.3 Å². The number of rotatable bonds is 4. The molecule has 0 unspecified atom stereocenters. The van der Waals surface area contributed by atoms with Crippen molar-refractivity contribution in [1.82, 2.24) is 14.7 Å². The quantitative estimate of drug-likeness (QED) is 0.776. The number of fused-ring (bicyclic) bond motifs is 1. The molecule has 0 atom stereocenters. The van der Waals surface area contributed by atoms with Crippen molar-refractivity contribution in [3.05, 3.63) is 54.4 Å². The maximum atomic E-state index is 10.8. The molecule has 0 aliphatic heterocycles. The lowest BCUT2D eigenvalue weighted by Crippen LogP contribution is -2.22. The Morgan fingerprint density at radius 3 is 2.73 bits per heavy atom. The zero-order valence-corrected chi connectivity index (χ0v) is 12.3. The summed E-state index contributed by atoms with van der Waals surface area (Å²) in [5.41, 5.74) is 3.51. The predicted molar refractivity (Wildman–Crippen MR) is 84.7 cm³/mol. The van der Waals surface area contributed by atoms with Crippen LogP contribution in [-0.2, 0) is 11.2 Å². The Morgan fingerprint density at radius 1 is 1.27 bits per heavy atom. The fourth-order valence-electron chi connectivity index (χ4n) is 2.36. The van der Waals surface area contributed by atoms with Crippen LogP contribution < -0.4 is 5.32 Å². The molecule has 2 aromatic heterocycles. The van der Waals surface area contributed by atoms with Gasteiger partial charge in [0.1, 0.15) is 0 Å². The van der Waals surface area contributed by atoms with Crippen molar-refractivity contribution in [1.29, 1.82) is 0 Å². The van der Waals surface area contributed by atoms with Crippen LogP contribution in [0.4, 0.5) is 0 Å². The van der Waals surface area contributed by atoms with Gasteiger partial charge in [-0.3, -0.25) is 4.79 Å².